The number of hydrogen-bond acceptors (Lipinski definition) is 13. The molecule has 13 aliphatic carbocycles. The number of esters is 3. The molecule has 474 valence electrons. The fraction of sp³-hybridized carbons (Fsp3) is 0.925. The van der Waals surface area contributed by atoms with Gasteiger partial charge in [-0.25, -0.2) is 4.79 Å². The number of ether oxygens (including phenoxy) is 3. The van der Waals surface area contributed by atoms with Crippen LogP contribution in [0.5, 0.6) is 0 Å². The minimum absolute atomic E-state index is 0.0943. The number of carbonyl (C=O) groups excluding carboxylic acids is 3. The van der Waals surface area contributed by atoms with Gasteiger partial charge in [-0.05, 0) is 269 Å². The van der Waals surface area contributed by atoms with Crippen molar-refractivity contribution in [3.63, 3.8) is 0 Å². The zero-order valence-corrected chi connectivity index (χ0v) is 53.1. The molecule has 5 saturated heterocycles. The molecule has 18 rings (SSSR count). The van der Waals surface area contributed by atoms with Gasteiger partial charge in [0.2, 0.25) is 0 Å². The molecule has 0 aromatic heterocycles. The zero-order chi connectivity index (χ0) is 59.2. The lowest BCUT2D eigenvalue weighted by Gasteiger charge is -2.33. The number of nitrogens with one attached hydrogen (secondary N) is 1. The third-order valence-electron chi connectivity index (χ3n) is 27.0. The molecular formula is C67H106N2O13S2. The molecule has 6 spiro atoms. The number of nitrogens with zero attached hydrogens (tertiary/aromatic N) is 1. The highest BCUT2D eigenvalue weighted by atomic mass is 32.2. The van der Waals surface area contributed by atoms with Crippen molar-refractivity contribution >= 4 is 38.1 Å². The van der Waals surface area contributed by atoms with Crippen LogP contribution in [0.2, 0.25) is 0 Å². The van der Waals surface area contributed by atoms with Gasteiger partial charge in [-0.1, -0.05) is 32.3 Å². The maximum atomic E-state index is 12.8. The third kappa shape index (κ3) is 12.6. The van der Waals surface area contributed by atoms with E-state index in [0.29, 0.717) is 74.8 Å². The van der Waals surface area contributed by atoms with Crippen LogP contribution in [0.3, 0.4) is 0 Å². The summed E-state index contributed by atoms with van der Waals surface area (Å²) < 4.78 is 70.0. The van der Waals surface area contributed by atoms with E-state index in [-0.39, 0.29) is 42.0 Å². The molecule has 15 nitrogen and oxygen atoms in total. The Morgan fingerprint density at radius 2 is 0.857 bits per heavy atom. The van der Waals surface area contributed by atoms with Crippen LogP contribution in [0.1, 0.15) is 212 Å². The van der Waals surface area contributed by atoms with Gasteiger partial charge in [-0.2, -0.15) is 16.8 Å². The van der Waals surface area contributed by atoms with Gasteiger partial charge in [0.25, 0.3) is 20.2 Å². The Hall–Kier alpha value is -2.15. The highest BCUT2D eigenvalue weighted by Gasteiger charge is 2.72. The van der Waals surface area contributed by atoms with E-state index < -0.39 is 20.2 Å². The Morgan fingerprint density at radius 3 is 1.25 bits per heavy atom. The van der Waals surface area contributed by atoms with E-state index in [1.165, 1.54) is 225 Å². The van der Waals surface area contributed by atoms with Gasteiger partial charge >= 0.3 is 17.9 Å². The molecule has 18 aliphatic rings. The first-order chi connectivity index (χ1) is 40.1. The summed E-state index contributed by atoms with van der Waals surface area (Å²) in [6.07, 6.45) is 47.8. The fourth-order valence-electron chi connectivity index (χ4n) is 22.0. The van der Waals surface area contributed by atoms with Crippen LogP contribution < -0.4 is 5.32 Å². The van der Waals surface area contributed by atoms with Crippen LogP contribution in [0, 0.1) is 104 Å². The molecular weight excluding hydrogens is 1100 g/mol. The second kappa shape index (κ2) is 23.6. The predicted molar refractivity (Wildman–Crippen MR) is 320 cm³/mol. The first-order valence-corrected chi connectivity index (χ1v) is 37.8. The van der Waals surface area contributed by atoms with Crippen molar-refractivity contribution in [3.05, 3.63) is 12.2 Å². The van der Waals surface area contributed by atoms with Gasteiger partial charge in [0.1, 0.15) is 18.3 Å². The van der Waals surface area contributed by atoms with Crippen LogP contribution >= 0.6 is 0 Å². The Morgan fingerprint density at radius 1 is 0.488 bits per heavy atom. The van der Waals surface area contributed by atoms with Crippen LogP contribution in [0.25, 0.3) is 0 Å². The summed E-state index contributed by atoms with van der Waals surface area (Å²) in [5, 5.41) is 10.2. The van der Waals surface area contributed by atoms with Crippen molar-refractivity contribution in [2.24, 2.45) is 104 Å². The van der Waals surface area contributed by atoms with E-state index in [2.05, 4.69) is 16.8 Å². The summed E-state index contributed by atoms with van der Waals surface area (Å²) in [5.74, 6) is 7.72. The van der Waals surface area contributed by atoms with Gasteiger partial charge in [-0.3, -0.25) is 18.7 Å². The minimum atomic E-state index is -3.67. The standard InChI is InChI=1S/C22H32O2.C21H31NO2.C17H22O2.C4H9N.2CH4O3S.CH4O/c23-20-16(13-14-3-1-2-4-14)15-5-7-21(9-10-21)17-6-8-22(11-12-22)18(17)19(15)24-20;23-19-15(13-22-11-1-2-12-22)14-3-5-20(7-8-20)16-4-6-21(9-10-21)17(16)18(14)24-19;1-10-11-2-4-16(6-7-16)12-3-5-17(8-9-17)13(12)14(11)19-15(10)18;1-2-4-5-3-1;2*1-5(2,3)4;1-2/h14-19H,1-13H2;14-18H,1-13H2;11-14H,1-9H2;5H,1-4H2;2*1H3,(H,2,3,4);2H,1H3/t15-,16-,17+,18-,19-;14-,15-,16+,17-,18-;11-,12+,13-,14-;;;;/m000..../s1. The average Bonchev–Trinajstić information content (AvgIpc) is 1.67. The van der Waals surface area contributed by atoms with Crippen LogP contribution in [-0.2, 0) is 48.8 Å². The summed E-state index contributed by atoms with van der Waals surface area (Å²) >= 11 is 0. The molecule has 5 aliphatic heterocycles. The highest BCUT2D eigenvalue weighted by Crippen LogP contribution is 2.78. The number of aliphatic hydroxyl groups is 1. The Bertz CT molecular complexity index is 2500. The van der Waals surface area contributed by atoms with E-state index in [1.807, 2.05) is 0 Å². The van der Waals surface area contributed by atoms with Crippen LogP contribution in [0.4, 0.5) is 0 Å². The normalized spacial score (nSPS) is 40.8. The summed E-state index contributed by atoms with van der Waals surface area (Å²) in [6.45, 7) is 9.91. The van der Waals surface area contributed by atoms with E-state index in [0.717, 1.165) is 67.6 Å². The lowest BCUT2D eigenvalue weighted by molar-refractivity contribution is -0.148. The van der Waals surface area contributed by atoms with Crippen molar-refractivity contribution in [2.75, 3.05) is 52.3 Å². The summed E-state index contributed by atoms with van der Waals surface area (Å²) in [6, 6.07) is 0. The van der Waals surface area contributed by atoms with E-state index in [1.54, 1.807) is 0 Å². The largest absolute Gasteiger partial charge is 0.461 e. The molecule has 17 heteroatoms. The zero-order valence-electron chi connectivity index (χ0n) is 51.4. The first kappa shape index (κ1) is 62.1. The Labute approximate surface area is 503 Å². The second-order valence-electron chi connectivity index (χ2n) is 31.5. The number of fused-ring (bicyclic) bond motifs is 15. The van der Waals surface area contributed by atoms with E-state index >= 15 is 0 Å². The van der Waals surface area contributed by atoms with Crippen molar-refractivity contribution in [1.29, 1.82) is 0 Å². The third-order valence-corrected chi connectivity index (χ3v) is 27.0. The maximum absolute atomic E-state index is 12.8. The number of likely N-dealkylation sites (tertiary alicyclic amines) is 1. The van der Waals surface area contributed by atoms with Gasteiger partial charge in [-0.15, -0.1) is 0 Å². The molecule has 0 unspecified atom stereocenters. The summed E-state index contributed by atoms with van der Waals surface area (Å²) in [4.78, 5) is 40.1. The molecule has 0 radical (unpaired) electrons. The number of aliphatic hydroxyl groups excluding tert-OH is 1. The van der Waals surface area contributed by atoms with Gasteiger partial charge in [0, 0.05) is 54.7 Å². The predicted octanol–water partition coefficient (Wildman–Crippen LogP) is 11.2. The molecule has 18 fully saturated rings. The molecule has 5 heterocycles. The summed E-state index contributed by atoms with van der Waals surface area (Å²) in [7, 11) is -6.33. The van der Waals surface area contributed by atoms with Crippen molar-refractivity contribution in [2.45, 2.75) is 230 Å². The first-order valence-electron chi connectivity index (χ1n) is 34.1. The average molecular weight is 1210 g/mol. The minimum Gasteiger partial charge on any atom is -0.461 e. The number of carbonyl (C=O) groups is 3. The lowest BCUT2D eigenvalue weighted by atomic mass is 9.73. The van der Waals surface area contributed by atoms with Gasteiger partial charge < -0.3 is 29.5 Å². The number of rotatable bonds is 4. The molecule has 0 bridgehead atoms. The smallest absolute Gasteiger partial charge is 0.334 e. The van der Waals surface area contributed by atoms with E-state index in [9.17, 15) is 31.2 Å². The Kier molecular flexibility index (Phi) is 17.4. The topological polar surface area (TPSA) is 223 Å². The van der Waals surface area contributed by atoms with Crippen molar-refractivity contribution in [1.82, 2.24) is 10.2 Å². The molecule has 84 heavy (non-hydrogen) atoms. The van der Waals surface area contributed by atoms with Gasteiger partial charge in [0.15, 0.2) is 0 Å². The molecule has 0 amide bonds. The van der Waals surface area contributed by atoms with Crippen molar-refractivity contribution in [3.8, 4) is 0 Å². The second-order valence-corrected chi connectivity index (χ2v) is 34.4. The molecule has 0 aromatic carbocycles. The van der Waals surface area contributed by atoms with Crippen LogP contribution in [-0.4, -0.2) is 125 Å². The van der Waals surface area contributed by atoms with Crippen LogP contribution in [0.15, 0.2) is 12.2 Å². The molecule has 14 atom stereocenters. The monoisotopic (exact) mass is 1210 g/mol. The van der Waals surface area contributed by atoms with Gasteiger partial charge in [0.05, 0.1) is 24.3 Å². The SMILES string of the molecule is C1CCNC1.C=C1C(=O)O[C@@H]2[C@@H]3[C@@H](CCC34CC4)C3(CC[C@@H]12)CC3.CO.CS(=O)(=O)O.CS(=O)(=O)O.O=C1O[C@H]2[C@@H](CCC3(CC3)[C@@H]3CCC4(CC4)[C@H]23)[C@@H]1CC1CCCC1.O=C1O[C@H]2[C@@H](CCC3(CC3)[C@@H]3CCC4(CC4)[C@H]23)[C@@H]1CN1CCCC1. The molecule has 13 saturated carbocycles. The maximum Gasteiger partial charge on any atom is 0.334 e. The molecule has 0 aromatic rings. The summed E-state index contributed by atoms with van der Waals surface area (Å²) in [5.41, 5.74) is 4.56. The quantitative estimate of drug-likeness (QED) is 0.0889. The number of hydrogen-bond donors (Lipinski definition) is 4. The molecule has 4 N–H and O–H groups in total. The van der Waals surface area contributed by atoms with E-state index in [4.69, 9.17) is 28.4 Å². The highest BCUT2D eigenvalue weighted by molar-refractivity contribution is 7.85. The lowest BCUT2D eigenvalue weighted by Crippen LogP contribution is -2.37. The van der Waals surface area contributed by atoms with Crippen molar-refractivity contribution < 1.29 is 59.6 Å². The fourth-order valence-corrected chi connectivity index (χ4v) is 22.0. The Balaban J connectivity index is 0.000000109.